The molecule has 0 spiro atoms. The molecule has 1 fully saturated rings. The number of halogens is 1. The van der Waals surface area contributed by atoms with Crippen molar-refractivity contribution in [2.24, 2.45) is 0 Å². The molecule has 4 rings (SSSR count). The van der Waals surface area contributed by atoms with E-state index in [4.69, 9.17) is 11.6 Å². The molecule has 2 heterocycles. The average Bonchev–Trinajstić information content (AvgIpc) is 3.11. The fourth-order valence-corrected chi connectivity index (χ4v) is 4.31. The van der Waals surface area contributed by atoms with Crippen molar-refractivity contribution >= 4 is 23.4 Å². The summed E-state index contributed by atoms with van der Waals surface area (Å²) in [6, 6.07) is 17.6. The highest BCUT2D eigenvalue weighted by molar-refractivity contribution is 6.33. The van der Waals surface area contributed by atoms with Crippen LogP contribution in [0.5, 0.6) is 0 Å². The fourth-order valence-electron chi connectivity index (χ4n) is 3.99. The largest absolute Gasteiger partial charge is 0.335 e. The normalized spacial score (nSPS) is 14.0. The van der Waals surface area contributed by atoms with Gasteiger partial charge in [-0.15, -0.1) is 0 Å². The molecule has 166 valence electrons. The first-order valence-corrected chi connectivity index (χ1v) is 11.3. The summed E-state index contributed by atoms with van der Waals surface area (Å²) >= 11 is 6.57. The number of rotatable bonds is 5. The Bertz CT molecular complexity index is 1100. The van der Waals surface area contributed by atoms with Crippen LogP contribution in [0, 0.1) is 6.92 Å². The van der Waals surface area contributed by atoms with E-state index >= 15 is 0 Å². The summed E-state index contributed by atoms with van der Waals surface area (Å²) in [5.74, 6) is -0.129. The third-order valence-electron chi connectivity index (χ3n) is 5.92. The van der Waals surface area contributed by atoms with Gasteiger partial charge in [-0.2, -0.15) is 5.10 Å². The zero-order chi connectivity index (χ0) is 22.7. The van der Waals surface area contributed by atoms with Crippen LogP contribution in [-0.4, -0.2) is 57.6 Å². The van der Waals surface area contributed by atoms with Gasteiger partial charge in [0.2, 0.25) is 0 Å². The molecular formula is C25H27ClN4O2. The predicted octanol–water partition coefficient (Wildman–Crippen LogP) is 4.05. The Hall–Kier alpha value is -3.12. The minimum atomic E-state index is -0.133. The maximum atomic E-state index is 13.2. The molecule has 1 aliphatic rings. The number of benzene rings is 2. The van der Waals surface area contributed by atoms with Gasteiger partial charge in [0.1, 0.15) is 5.15 Å². The summed E-state index contributed by atoms with van der Waals surface area (Å²) in [5.41, 5.74) is 4.01. The van der Waals surface area contributed by atoms with Crippen LogP contribution in [-0.2, 0) is 13.0 Å². The molecule has 2 amide bonds. The zero-order valence-electron chi connectivity index (χ0n) is 18.4. The molecule has 0 N–H and O–H groups in total. The quantitative estimate of drug-likeness (QED) is 0.589. The molecule has 3 aromatic rings. The lowest BCUT2D eigenvalue weighted by Gasteiger charge is -2.34. The third-order valence-corrected chi connectivity index (χ3v) is 6.30. The maximum absolute atomic E-state index is 13.2. The van der Waals surface area contributed by atoms with Gasteiger partial charge in [-0.1, -0.05) is 61.0 Å². The first-order valence-electron chi connectivity index (χ1n) is 10.9. The minimum absolute atomic E-state index is 0.00430. The van der Waals surface area contributed by atoms with Gasteiger partial charge in [0.05, 0.1) is 17.8 Å². The van der Waals surface area contributed by atoms with E-state index in [2.05, 4.69) is 12.0 Å². The Morgan fingerprint density at radius 2 is 1.47 bits per heavy atom. The first-order chi connectivity index (χ1) is 15.5. The Labute approximate surface area is 193 Å². The lowest BCUT2D eigenvalue weighted by Crippen LogP contribution is -2.50. The second-order valence-electron chi connectivity index (χ2n) is 8.03. The highest BCUT2D eigenvalue weighted by Gasteiger charge is 2.29. The molecule has 1 saturated heterocycles. The highest BCUT2D eigenvalue weighted by atomic mass is 35.5. The number of aryl methyl sites for hydroxylation is 2. The van der Waals surface area contributed by atoms with Gasteiger partial charge in [0, 0.05) is 31.7 Å². The monoisotopic (exact) mass is 450 g/mol. The van der Waals surface area contributed by atoms with E-state index in [0.29, 0.717) is 54.7 Å². The SMILES string of the molecule is CCc1ccc(C(=O)N2CCN(C(=O)c3c(C)nn(Cc4ccccc4)c3Cl)CC2)cc1. The number of piperazine rings is 1. The van der Waals surface area contributed by atoms with Gasteiger partial charge in [0.25, 0.3) is 11.8 Å². The van der Waals surface area contributed by atoms with Crippen molar-refractivity contribution in [1.82, 2.24) is 19.6 Å². The molecule has 0 saturated carbocycles. The second kappa shape index (κ2) is 9.57. The summed E-state index contributed by atoms with van der Waals surface area (Å²) < 4.78 is 1.67. The molecule has 0 bridgehead atoms. The van der Waals surface area contributed by atoms with Crippen LogP contribution in [0.4, 0.5) is 0 Å². The summed E-state index contributed by atoms with van der Waals surface area (Å²) in [7, 11) is 0. The topological polar surface area (TPSA) is 58.4 Å². The van der Waals surface area contributed by atoms with Gasteiger partial charge in [-0.3, -0.25) is 9.59 Å². The van der Waals surface area contributed by atoms with Gasteiger partial charge in [0.15, 0.2) is 0 Å². The molecule has 7 heteroatoms. The number of hydrogen-bond acceptors (Lipinski definition) is 3. The third kappa shape index (κ3) is 4.55. The van der Waals surface area contributed by atoms with Crippen molar-refractivity contribution in [1.29, 1.82) is 0 Å². The molecule has 0 radical (unpaired) electrons. The van der Waals surface area contributed by atoms with E-state index in [9.17, 15) is 9.59 Å². The average molecular weight is 451 g/mol. The predicted molar refractivity (Wildman–Crippen MR) is 125 cm³/mol. The molecule has 6 nitrogen and oxygen atoms in total. The van der Waals surface area contributed by atoms with E-state index in [1.54, 1.807) is 21.4 Å². The number of carbonyl (C=O) groups is 2. The number of nitrogens with zero attached hydrogens (tertiary/aromatic N) is 4. The van der Waals surface area contributed by atoms with Crippen molar-refractivity contribution in [3.63, 3.8) is 0 Å². The summed E-state index contributed by atoms with van der Waals surface area (Å²) in [6.45, 7) is 6.33. The summed E-state index contributed by atoms with van der Waals surface area (Å²) in [6.07, 6.45) is 0.944. The van der Waals surface area contributed by atoms with Crippen molar-refractivity contribution < 1.29 is 9.59 Å². The minimum Gasteiger partial charge on any atom is -0.335 e. The van der Waals surface area contributed by atoms with E-state index in [0.717, 1.165) is 12.0 Å². The Morgan fingerprint density at radius 3 is 2.06 bits per heavy atom. The van der Waals surface area contributed by atoms with Crippen LogP contribution in [0.3, 0.4) is 0 Å². The smallest absolute Gasteiger partial charge is 0.259 e. The molecular weight excluding hydrogens is 424 g/mol. The van der Waals surface area contributed by atoms with Crippen LogP contribution in [0.1, 0.15) is 44.5 Å². The van der Waals surface area contributed by atoms with Gasteiger partial charge >= 0.3 is 0 Å². The lowest BCUT2D eigenvalue weighted by atomic mass is 10.1. The molecule has 1 aliphatic heterocycles. The standard InChI is InChI=1S/C25H27ClN4O2/c1-3-19-9-11-21(12-10-19)24(31)28-13-15-29(16-14-28)25(32)22-18(2)27-30(23(22)26)17-20-7-5-4-6-8-20/h4-12H,3,13-17H2,1-2H3. The van der Waals surface area contributed by atoms with Crippen molar-refractivity contribution in [3.05, 3.63) is 87.7 Å². The zero-order valence-corrected chi connectivity index (χ0v) is 19.2. The Balaban J connectivity index is 1.41. The molecule has 1 aromatic heterocycles. The van der Waals surface area contributed by atoms with Crippen molar-refractivity contribution in [3.8, 4) is 0 Å². The van der Waals surface area contributed by atoms with Crippen LogP contribution in [0.15, 0.2) is 54.6 Å². The van der Waals surface area contributed by atoms with Crippen LogP contribution in [0.2, 0.25) is 5.15 Å². The van der Waals surface area contributed by atoms with E-state index in [-0.39, 0.29) is 11.8 Å². The number of aromatic nitrogens is 2. The first kappa shape index (κ1) is 22.1. The number of carbonyl (C=O) groups excluding carboxylic acids is 2. The number of amides is 2. The van der Waals surface area contributed by atoms with Crippen molar-refractivity contribution in [2.75, 3.05) is 26.2 Å². The second-order valence-corrected chi connectivity index (χ2v) is 8.39. The van der Waals surface area contributed by atoms with Gasteiger partial charge < -0.3 is 9.80 Å². The van der Waals surface area contributed by atoms with Crippen LogP contribution < -0.4 is 0 Å². The molecule has 32 heavy (non-hydrogen) atoms. The van der Waals surface area contributed by atoms with Gasteiger partial charge in [-0.05, 0) is 36.6 Å². The van der Waals surface area contributed by atoms with E-state index in [1.165, 1.54) is 5.56 Å². The maximum Gasteiger partial charge on any atom is 0.259 e. The van der Waals surface area contributed by atoms with E-state index in [1.807, 2.05) is 54.6 Å². The Kier molecular flexibility index (Phi) is 6.61. The molecule has 0 unspecified atom stereocenters. The highest BCUT2D eigenvalue weighted by Crippen LogP contribution is 2.23. The van der Waals surface area contributed by atoms with E-state index < -0.39 is 0 Å². The molecule has 2 aromatic carbocycles. The lowest BCUT2D eigenvalue weighted by molar-refractivity contribution is 0.0535. The van der Waals surface area contributed by atoms with Crippen molar-refractivity contribution in [2.45, 2.75) is 26.8 Å². The summed E-state index contributed by atoms with van der Waals surface area (Å²) in [4.78, 5) is 29.6. The van der Waals surface area contributed by atoms with Crippen LogP contribution >= 0.6 is 11.6 Å². The number of hydrogen-bond donors (Lipinski definition) is 0. The molecule has 0 aliphatic carbocycles. The summed E-state index contributed by atoms with van der Waals surface area (Å²) in [5, 5.41) is 4.84. The molecule has 0 atom stereocenters. The Morgan fingerprint density at radius 1 is 0.875 bits per heavy atom. The van der Waals surface area contributed by atoms with Gasteiger partial charge in [-0.25, -0.2) is 4.68 Å². The van der Waals surface area contributed by atoms with Crippen LogP contribution in [0.25, 0.3) is 0 Å². The fraction of sp³-hybridized carbons (Fsp3) is 0.320.